The van der Waals surface area contributed by atoms with Crippen LogP contribution in [0.4, 0.5) is 17.6 Å². The number of hydrogen-bond donors (Lipinski definition) is 0. The van der Waals surface area contributed by atoms with E-state index in [0.717, 1.165) is 12.1 Å². The molecule has 2 aromatic rings. The van der Waals surface area contributed by atoms with Gasteiger partial charge >= 0.3 is 6.18 Å². The highest BCUT2D eigenvalue weighted by Gasteiger charge is 2.34. The van der Waals surface area contributed by atoms with Crippen molar-refractivity contribution in [2.24, 2.45) is 0 Å². The molecule has 0 saturated heterocycles. The van der Waals surface area contributed by atoms with Crippen LogP contribution in [0.5, 0.6) is 0 Å². The van der Waals surface area contributed by atoms with E-state index in [1.807, 2.05) is 0 Å². The predicted octanol–water partition coefficient (Wildman–Crippen LogP) is 4.32. The summed E-state index contributed by atoms with van der Waals surface area (Å²) in [7, 11) is 0. The zero-order valence-corrected chi connectivity index (χ0v) is 9.54. The van der Waals surface area contributed by atoms with Crippen molar-refractivity contribution in [3.05, 3.63) is 59.4 Å². The van der Waals surface area contributed by atoms with E-state index in [9.17, 15) is 22.4 Å². The number of benzene rings is 2. The summed E-state index contributed by atoms with van der Waals surface area (Å²) in [5.41, 5.74) is -0.343. The Morgan fingerprint density at radius 1 is 0.947 bits per heavy atom. The van der Waals surface area contributed by atoms with Crippen LogP contribution in [0.1, 0.15) is 15.9 Å². The molecule has 0 aromatic heterocycles. The van der Waals surface area contributed by atoms with Gasteiger partial charge in [-0.1, -0.05) is 24.3 Å². The SMILES string of the molecule is O=Cc1cccc(-c2ccc(F)c(C(F)(F)F)c2)c1. The van der Waals surface area contributed by atoms with Crippen molar-refractivity contribution in [1.29, 1.82) is 0 Å². The molecule has 0 amide bonds. The highest BCUT2D eigenvalue weighted by atomic mass is 19.4. The summed E-state index contributed by atoms with van der Waals surface area (Å²) in [4.78, 5) is 10.6. The molecule has 1 nitrogen and oxygen atoms in total. The lowest BCUT2D eigenvalue weighted by Gasteiger charge is -2.10. The largest absolute Gasteiger partial charge is 0.419 e. The average molecular weight is 268 g/mol. The molecular formula is C14H8F4O. The van der Waals surface area contributed by atoms with E-state index in [0.29, 0.717) is 17.4 Å². The lowest BCUT2D eigenvalue weighted by atomic mass is 10.0. The number of carbonyl (C=O) groups is 1. The molecule has 0 aliphatic heterocycles. The Bertz CT molecular complexity index is 617. The van der Waals surface area contributed by atoms with Crippen molar-refractivity contribution in [3.63, 3.8) is 0 Å². The van der Waals surface area contributed by atoms with E-state index in [-0.39, 0.29) is 5.56 Å². The Kier molecular flexibility index (Phi) is 3.38. The number of aldehydes is 1. The molecule has 0 unspecified atom stereocenters. The van der Waals surface area contributed by atoms with Crippen LogP contribution in [-0.2, 0) is 6.18 Å². The van der Waals surface area contributed by atoms with Gasteiger partial charge in [0.25, 0.3) is 0 Å². The summed E-state index contributed by atoms with van der Waals surface area (Å²) in [6.45, 7) is 0. The highest BCUT2D eigenvalue weighted by molar-refractivity contribution is 5.79. The maximum atomic E-state index is 13.2. The van der Waals surface area contributed by atoms with Gasteiger partial charge in [0.2, 0.25) is 0 Å². The lowest BCUT2D eigenvalue weighted by Crippen LogP contribution is -2.08. The van der Waals surface area contributed by atoms with Crippen LogP contribution >= 0.6 is 0 Å². The van der Waals surface area contributed by atoms with Crippen molar-refractivity contribution in [1.82, 2.24) is 0 Å². The summed E-state index contributed by atoms with van der Waals surface area (Å²) >= 11 is 0. The molecule has 0 aliphatic rings. The Labute approximate surface area is 106 Å². The molecule has 0 bridgehead atoms. The van der Waals surface area contributed by atoms with Gasteiger partial charge in [0, 0.05) is 5.56 Å². The molecule has 0 radical (unpaired) electrons. The van der Waals surface area contributed by atoms with E-state index in [4.69, 9.17) is 0 Å². The second-order valence-corrected chi connectivity index (χ2v) is 3.94. The fourth-order valence-electron chi connectivity index (χ4n) is 1.71. The van der Waals surface area contributed by atoms with Crippen molar-refractivity contribution >= 4 is 6.29 Å². The monoisotopic (exact) mass is 268 g/mol. The molecule has 5 heteroatoms. The lowest BCUT2D eigenvalue weighted by molar-refractivity contribution is -0.139. The van der Waals surface area contributed by atoms with Crippen molar-refractivity contribution in [2.45, 2.75) is 6.18 Å². The molecule has 98 valence electrons. The third-order valence-corrected chi connectivity index (χ3v) is 2.63. The third-order valence-electron chi connectivity index (χ3n) is 2.63. The smallest absolute Gasteiger partial charge is 0.298 e. The normalized spacial score (nSPS) is 11.4. The maximum Gasteiger partial charge on any atom is 0.419 e. The molecule has 0 aliphatic carbocycles. The minimum Gasteiger partial charge on any atom is -0.298 e. The Hall–Kier alpha value is -2.17. The van der Waals surface area contributed by atoms with Crippen LogP contribution in [0.3, 0.4) is 0 Å². The molecule has 0 spiro atoms. The quantitative estimate of drug-likeness (QED) is 0.585. The van der Waals surface area contributed by atoms with Crippen LogP contribution < -0.4 is 0 Å². The topological polar surface area (TPSA) is 17.1 Å². The first-order valence-corrected chi connectivity index (χ1v) is 5.34. The van der Waals surface area contributed by atoms with Gasteiger partial charge in [-0.25, -0.2) is 4.39 Å². The van der Waals surface area contributed by atoms with E-state index >= 15 is 0 Å². The molecule has 0 atom stereocenters. The van der Waals surface area contributed by atoms with Crippen molar-refractivity contribution < 1.29 is 22.4 Å². The van der Waals surface area contributed by atoms with Gasteiger partial charge in [0.1, 0.15) is 12.1 Å². The number of rotatable bonds is 2. The first-order chi connectivity index (χ1) is 8.91. The molecule has 2 aromatic carbocycles. The number of hydrogen-bond acceptors (Lipinski definition) is 1. The second kappa shape index (κ2) is 4.84. The van der Waals surface area contributed by atoms with Crippen LogP contribution in [0.15, 0.2) is 42.5 Å². The first-order valence-electron chi connectivity index (χ1n) is 5.34. The van der Waals surface area contributed by atoms with Gasteiger partial charge < -0.3 is 0 Å². The van der Waals surface area contributed by atoms with E-state index < -0.39 is 17.6 Å². The van der Waals surface area contributed by atoms with Gasteiger partial charge in [-0.2, -0.15) is 13.2 Å². The molecule has 0 N–H and O–H groups in total. The first kappa shape index (κ1) is 13.3. The van der Waals surface area contributed by atoms with Gasteiger partial charge in [-0.05, 0) is 29.3 Å². The van der Waals surface area contributed by atoms with Gasteiger partial charge in [-0.15, -0.1) is 0 Å². The average Bonchev–Trinajstić information content (AvgIpc) is 2.38. The van der Waals surface area contributed by atoms with Crippen molar-refractivity contribution in [2.75, 3.05) is 0 Å². The van der Waals surface area contributed by atoms with Crippen LogP contribution in [0.2, 0.25) is 0 Å². The summed E-state index contributed by atoms with van der Waals surface area (Å²) in [6, 6.07) is 8.83. The van der Waals surface area contributed by atoms with E-state index in [2.05, 4.69) is 0 Å². The van der Waals surface area contributed by atoms with Crippen LogP contribution in [0, 0.1) is 5.82 Å². The highest BCUT2D eigenvalue weighted by Crippen LogP contribution is 2.34. The predicted molar refractivity (Wildman–Crippen MR) is 62.2 cm³/mol. The van der Waals surface area contributed by atoms with Crippen LogP contribution in [0.25, 0.3) is 11.1 Å². The van der Waals surface area contributed by atoms with E-state index in [1.54, 1.807) is 12.1 Å². The second-order valence-electron chi connectivity index (χ2n) is 3.94. The molecule has 0 fully saturated rings. The van der Waals surface area contributed by atoms with E-state index in [1.165, 1.54) is 18.2 Å². The Morgan fingerprint density at radius 3 is 2.26 bits per heavy atom. The third kappa shape index (κ3) is 2.81. The summed E-state index contributed by atoms with van der Waals surface area (Å²) in [5, 5.41) is 0. The number of halogens is 4. The molecule has 0 saturated carbocycles. The fraction of sp³-hybridized carbons (Fsp3) is 0.0714. The Balaban J connectivity index is 2.54. The van der Waals surface area contributed by atoms with Crippen molar-refractivity contribution in [3.8, 4) is 11.1 Å². The van der Waals surface area contributed by atoms with Gasteiger partial charge in [0.15, 0.2) is 0 Å². The number of alkyl halides is 3. The summed E-state index contributed by atoms with van der Waals surface area (Å²) in [6.07, 6.45) is -4.15. The Morgan fingerprint density at radius 2 is 1.63 bits per heavy atom. The van der Waals surface area contributed by atoms with Gasteiger partial charge in [0.05, 0.1) is 5.56 Å². The summed E-state index contributed by atoms with van der Waals surface area (Å²) in [5.74, 6) is -1.32. The maximum absolute atomic E-state index is 13.2. The molecule has 2 rings (SSSR count). The zero-order valence-electron chi connectivity index (χ0n) is 9.54. The fourth-order valence-corrected chi connectivity index (χ4v) is 1.71. The molecule has 19 heavy (non-hydrogen) atoms. The van der Waals surface area contributed by atoms with Crippen LogP contribution in [-0.4, -0.2) is 6.29 Å². The zero-order chi connectivity index (χ0) is 14.0. The minimum absolute atomic E-state index is 0.206. The number of carbonyl (C=O) groups excluding carboxylic acids is 1. The molecular weight excluding hydrogens is 260 g/mol. The minimum atomic E-state index is -4.75. The summed E-state index contributed by atoms with van der Waals surface area (Å²) < 4.78 is 50.9. The standard InChI is InChI=1S/C14H8F4O/c15-13-5-4-11(7-12(13)14(16,17)18)10-3-1-2-9(6-10)8-19/h1-8H. The molecule has 0 heterocycles. The van der Waals surface area contributed by atoms with Gasteiger partial charge in [-0.3, -0.25) is 4.79 Å².